The Morgan fingerprint density at radius 1 is 0.299 bits per heavy atom. The third-order valence-electron chi connectivity index (χ3n) is 14.0. The highest BCUT2D eigenvalue weighted by Gasteiger charge is 2.62. The van der Waals surface area contributed by atoms with Gasteiger partial charge in [0.15, 0.2) is 0 Å². The van der Waals surface area contributed by atoms with Gasteiger partial charge in [0.25, 0.3) is 0 Å². The van der Waals surface area contributed by atoms with E-state index in [1.54, 1.807) is 0 Å². The Morgan fingerprint density at radius 3 is 1.07 bits per heavy atom. The lowest BCUT2D eigenvalue weighted by Gasteiger charge is -2.47. The van der Waals surface area contributed by atoms with Crippen LogP contribution in [0.1, 0.15) is 22.3 Å². The number of imidazole rings is 4. The van der Waals surface area contributed by atoms with Crippen LogP contribution in [0.2, 0.25) is 0 Å². The number of hydrogen-bond donors (Lipinski definition) is 0. The summed E-state index contributed by atoms with van der Waals surface area (Å²) in [5.41, 5.74) is 18.8. The van der Waals surface area contributed by atoms with Gasteiger partial charge in [-0.05, 0) is 145 Å². The molecule has 2 aliphatic heterocycles. The van der Waals surface area contributed by atoms with Crippen LogP contribution in [0.15, 0.2) is 182 Å². The summed E-state index contributed by atoms with van der Waals surface area (Å²) in [6, 6.07) is 65.0. The molecule has 0 aliphatic carbocycles. The first-order valence-electron chi connectivity index (χ1n) is 22.7. The third kappa shape index (κ3) is 5.14. The molecule has 0 bridgehead atoms. The zero-order valence-electron chi connectivity index (χ0n) is 37.3. The molecule has 320 valence electrons. The normalized spacial score (nSPS) is 13.7. The maximum atomic E-state index is 5.75. The molecule has 0 unspecified atom stereocenters. The second-order valence-corrected chi connectivity index (χ2v) is 20.9. The highest BCUT2D eigenvalue weighted by Crippen LogP contribution is 2.53. The smallest absolute Gasteiger partial charge is 0.282 e. The standard InChI is InChI=1S/C56H42N10Si/c1-35-29-47-51(31-37(35)3)65-55(59-47)61(43-23-15-21-41(33-43)39-17-7-5-8-18-39)53-57-45-25-11-13-27-49(45)63(53)67(65)64-50-28-14-12-26-46(50)58-54(64)62(44-24-16-22-42(34-44)40-19-9-6-10-20-40)56-60-48-30-36(2)38(4)32-52(48)66(56)67/h5-34H,1-4H3. The maximum absolute atomic E-state index is 5.75. The lowest BCUT2D eigenvalue weighted by Crippen LogP contribution is -2.68. The lowest BCUT2D eigenvalue weighted by atomic mass is 10.1. The topological polar surface area (TPSA) is 77.8 Å². The SMILES string of the molecule is Cc1cc2nc3n(c2cc1C)[Si]1(n2c(nc4ccccc42)N3c2cccc(-c3ccccc3)c2)n2c(nc3ccccc32)N(c2cccc(-c3ccccc3)c2)c2nc3cc(C)c(C)cc3n21. The Morgan fingerprint density at radius 2 is 0.642 bits per heavy atom. The number of rotatable bonds is 4. The van der Waals surface area contributed by atoms with Crippen LogP contribution >= 0.6 is 0 Å². The van der Waals surface area contributed by atoms with Gasteiger partial charge in [-0.25, -0.2) is 19.9 Å². The van der Waals surface area contributed by atoms with Gasteiger partial charge in [0.05, 0.1) is 55.5 Å². The first kappa shape index (κ1) is 37.8. The van der Waals surface area contributed by atoms with Crippen molar-refractivity contribution in [1.29, 1.82) is 0 Å². The van der Waals surface area contributed by atoms with Crippen molar-refractivity contribution >= 4 is 88.0 Å². The zero-order valence-corrected chi connectivity index (χ0v) is 38.3. The third-order valence-corrected chi connectivity index (χ3v) is 18.2. The van der Waals surface area contributed by atoms with Gasteiger partial charge in [0.1, 0.15) is 0 Å². The van der Waals surface area contributed by atoms with Crippen molar-refractivity contribution < 1.29 is 0 Å². The van der Waals surface area contributed by atoms with E-state index in [0.29, 0.717) is 0 Å². The number of anilines is 6. The van der Waals surface area contributed by atoms with Crippen LogP contribution in [0, 0.1) is 27.7 Å². The second-order valence-electron chi connectivity index (χ2n) is 17.9. The van der Waals surface area contributed by atoms with E-state index >= 15 is 0 Å². The lowest BCUT2D eigenvalue weighted by molar-refractivity contribution is 0.783. The number of aromatic nitrogens is 8. The summed E-state index contributed by atoms with van der Waals surface area (Å²) in [5, 5.41) is 0. The summed E-state index contributed by atoms with van der Waals surface area (Å²) >= 11 is 0. The van der Waals surface area contributed by atoms with Crippen LogP contribution in [0.5, 0.6) is 0 Å². The van der Waals surface area contributed by atoms with Crippen LogP contribution in [-0.2, 0) is 0 Å². The highest BCUT2D eigenvalue weighted by atomic mass is 28.4. The van der Waals surface area contributed by atoms with Gasteiger partial charge in [-0.1, -0.05) is 109 Å². The summed E-state index contributed by atoms with van der Waals surface area (Å²) < 4.78 is 10.2. The van der Waals surface area contributed by atoms with Crippen molar-refractivity contribution in [2.24, 2.45) is 0 Å². The molecule has 6 heterocycles. The number of hydrogen-bond acceptors (Lipinski definition) is 6. The van der Waals surface area contributed by atoms with Crippen LogP contribution in [0.3, 0.4) is 0 Å². The monoisotopic (exact) mass is 882 g/mol. The fourth-order valence-corrected chi connectivity index (χ4v) is 15.5. The molecule has 0 fully saturated rings. The van der Waals surface area contributed by atoms with Crippen molar-refractivity contribution in [3.8, 4) is 22.3 Å². The Balaban J connectivity index is 1.20. The Kier molecular flexibility index (Phi) is 7.75. The summed E-state index contributed by atoms with van der Waals surface area (Å²) in [6.45, 7) is 8.76. The van der Waals surface area contributed by atoms with Crippen molar-refractivity contribution in [2.75, 3.05) is 9.80 Å². The Bertz CT molecular complexity index is 3750. The van der Waals surface area contributed by atoms with Crippen molar-refractivity contribution in [1.82, 2.24) is 36.9 Å². The summed E-state index contributed by atoms with van der Waals surface area (Å²) in [4.78, 5) is 27.4. The number of nitrogens with zero attached hydrogens (tertiary/aromatic N) is 10. The van der Waals surface area contributed by atoms with Crippen LogP contribution < -0.4 is 9.80 Å². The average Bonchev–Trinajstić information content (AvgIpc) is 4.14. The average molecular weight is 883 g/mol. The van der Waals surface area contributed by atoms with E-state index in [1.165, 1.54) is 22.3 Å². The van der Waals surface area contributed by atoms with Crippen molar-refractivity contribution in [2.45, 2.75) is 27.7 Å². The molecule has 0 saturated heterocycles. The molecule has 67 heavy (non-hydrogen) atoms. The molecule has 0 atom stereocenters. The minimum Gasteiger partial charge on any atom is -0.282 e. The predicted octanol–water partition coefficient (Wildman–Crippen LogP) is 13.1. The molecule has 12 aromatic rings. The van der Waals surface area contributed by atoms with Gasteiger partial charge in [0, 0.05) is 0 Å². The van der Waals surface area contributed by atoms with Gasteiger partial charge < -0.3 is 0 Å². The summed E-state index contributed by atoms with van der Waals surface area (Å²) in [6.07, 6.45) is 0. The number of aryl methyl sites for hydroxylation is 4. The molecule has 0 amide bonds. The fourth-order valence-electron chi connectivity index (χ4n) is 10.6. The highest BCUT2D eigenvalue weighted by molar-refractivity contribution is 6.79. The molecule has 1 spiro atoms. The number of benzene rings is 8. The van der Waals surface area contributed by atoms with Crippen LogP contribution in [-0.4, -0.2) is 45.6 Å². The Labute approximate surface area is 387 Å². The van der Waals surface area contributed by atoms with E-state index in [4.69, 9.17) is 19.9 Å². The minimum atomic E-state index is -3.95. The minimum absolute atomic E-state index is 0.772. The largest absolute Gasteiger partial charge is 0.531 e. The van der Waals surface area contributed by atoms with Crippen molar-refractivity contribution in [3.05, 3.63) is 204 Å². The first-order chi connectivity index (χ1) is 32.9. The van der Waals surface area contributed by atoms with E-state index in [-0.39, 0.29) is 0 Å². The maximum Gasteiger partial charge on any atom is 0.531 e. The van der Waals surface area contributed by atoms with Gasteiger partial charge in [-0.2, -0.15) is 0 Å². The molecular formula is C56H42N10Si. The number of fused-ring (bicyclic) bond motifs is 16. The van der Waals surface area contributed by atoms with E-state index in [1.807, 2.05) is 0 Å². The summed E-state index contributed by atoms with van der Waals surface area (Å²) in [7, 11) is -3.95. The van der Waals surface area contributed by atoms with E-state index < -0.39 is 8.72 Å². The van der Waals surface area contributed by atoms with E-state index in [0.717, 1.165) is 102 Å². The molecule has 8 aromatic carbocycles. The van der Waals surface area contributed by atoms with Gasteiger partial charge in [0.2, 0.25) is 23.8 Å². The van der Waals surface area contributed by atoms with Crippen LogP contribution in [0.25, 0.3) is 66.4 Å². The van der Waals surface area contributed by atoms with Gasteiger partial charge in [-0.3, -0.25) is 26.7 Å². The van der Waals surface area contributed by atoms with Gasteiger partial charge in [-0.15, -0.1) is 0 Å². The van der Waals surface area contributed by atoms with E-state index in [2.05, 4.69) is 236 Å². The number of para-hydroxylation sites is 4. The molecule has 10 nitrogen and oxygen atoms in total. The molecule has 0 saturated carbocycles. The van der Waals surface area contributed by atoms with Crippen molar-refractivity contribution in [3.63, 3.8) is 0 Å². The molecular weight excluding hydrogens is 841 g/mol. The first-order valence-corrected chi connectivity index (χ1v) is 24.5. The predicted molar refractivity (Wildman–Crippen MR) is 273 cm³/mol. The molecule has 11 heteroatoms. The second kappa shape index (κ2) is 13.7. The van der Waals surface area contributed by atoms with E-state index in [9.17, 15) is 0 Å². The molecule has 0 N–H and O–H groups in total. The molecule has 2 aliphatic rings. The quantitative estimate of drug-likeness (QED) is 0.164. The molecule has 0 radical (unpaired) electrons. The zero-order chi connectivity index (χ0) is 44.7. The fraction of sp³-hybridized carbons (Fsp3) is 0.0714. The molecule has 14 rings (SSSR count). The summed E-state index contributed by atoms with van der Waals surface area (Å²) in [5.74, 6) is 3.10. The van der Waals surface area contributed by atoms with Gasteiger partial charge >= 0.3 is 8.72 Å². The molecule has 4 aromatic heterocycles. The van der Waals surface area contributed by atoms with Crippen LogP contribution in [0.4, 0.5) is 35.2 Å². The Hall–Kier alpha value is -8.54.